The highest BCUT2D eigenvalue weighted by Crippen LogP contribution is 2.33. The number of aromatic amines is 1. The van der Waals surface area contributed by atoms with Crippen LogP contribution in [0, 0.1) is 24.0 Å². The molecule has 3 saturated heterocycles. The van der Waals surface area contributed by atoms with Crippen molar-refractivity contribution in [3.05, 3.63) is 119 Å². The summed E-state index contributed by atoms with van der Waals surface area (Å²) in [5, 5.41) is 27.0. The molecule has 6 aromatic rings. The zero-order chi connectivity index (χ0) is 57.0. The number of fused-ring (bicyclic) bond motifs is 1. The molecule has 3 fully saturated rings. The Labute approximate surface area is 465 Å². The fraction of sp³-hybridized carbons (Fsp3) is 0.429. The van der Waals surface area contributed by atoms with Crippen LogP contribution in [0.4, 0.5) is 24.5 Å². The summed E-state index contributed by atoms with van der Waals surface area (Å²) in [4.78, 5) is 73.5. The number of carbonyl (C=O) groups excluding carboxylic acids is 4. The van der Waals surface area contributed by atoms with Gasteiger partial charge >= 0.3 is 10.2 Å². The van der Waals surface area contributed by atoms with Gasteiger partial charge in [-0.15, -0.1) is 11.3 Å². The lowest BCUT2D eigenvalue weighted by Gasteiger charge is -2.36. The quantitative estimate of drug-likeness (QED) is 0.0395. The largest absolute Gasteiger partial charge is 0.394 e. The fourth-order valence-electron chi connectivity index (χ4n) is 10.4. The Morgan fingerprint density at radius 1 is 0.925 bits per heavy atom. The summed E-state index contributed by atoms with van der Waals surface area (Å²) in [6, 6.07) is 15.8. The molecule has 0 aliphatic carbocycles. The van der Waals surface area contributed by atoms with Crippen molar-refractivity contribution in [1.82, 2.24) is 39.7 Å². The Morgan fingerprint density at radius 3 is 2.31 bits per heavy atom. The second-order valence-electron chi connectivity index (χ2n) is 21.5. The van der Waals surface area contributed by atoms with Gasteiger partial charge in [-0.3, -0.25) is 28.8 Å². The first-order valence-electron chi connectivity index (χ1n) is 26.5. The monoisotopic (exact) mass is 1140 g/mol. The number of amides is 3. The fourth-order valence-corrected chi connectivity index (χ4v) is 12.4. The number of rotatable bonds is 20. The van der Waals surface area contributed by atoms with Crippen LogP contribution in [-0.2, 0) is 29.3 Å². The van der Waals surface area contributed by atoms with E-state index in [1.807, 2.05) is 60.2 Å². The Bertz CT molecular complexity index is 3330. The Hall–Kier alpha value is -6.80. The van der Waals surface area contributed by atoms with Crippen molar-refractivity contribution in [2.45, 2.75) is 77.4 Å². The molecular formula is C56H65F3N10O9S2. The normalized spacial score (nSPS) is 19.1. The molecule has 19 nitrogen and oxygen atoms in total. The number of pyridine rings is 1. The van der Waals surface area contributed by atoms with Gasteiger partial charge in [0.15, 0.2) is 5.82 Å². The number of hydrogen-bond donors (Lipinski definition) is 6. The number of hydrogen-bond acceptors (Lipinski definition) is 14. The van der Waals surface area contributed by atoms with E-state index in [1.165, 1.54) is 22.4 Å². The Balaban J connectivity index is 0.727. The second-order valence-corrected chi connectivity index (χ2v) is 24.0. The van der Waals surface area contributed by atoms with Crippen LogP contribution in [0.3, 0.4) is 0 Å². The van der Waals surface area contributed by atoms with Crippen LogP contribution in [0.1, 0.15) is 73.3 Å². The Kier molecular flexibility index (Phi) is 17.7. The number of thiazole rings is 1. The summed E-state index contributed by atoms with van der Waals surface area (Å²) >= 11 is 1.52. The number of halogens is 3. The summed E-state index contributed by atoms with van der Waals surface area (Å²) in [6.45, 7) is 10.2. The number of carbonyl (C=O) groups is 4. The van der Waals surface area contributed by atoms with E-state index in [1.54, 1.807) is 38.5 Å². The van der Waals surface area contributed by atoms with E-state index in [-0.39, 0.29) is 38.1 Å². The van der Waals surface area contributed by atoms with Crippen LogP contribution in [-0.4, -0.2) is 168 Å². The van der Waals surface area contributed by atoms with Gasteiger partial charge in [-0.25, -0.2) is 23.1 Å². The maximum Gasteiger partial charge on any atom is 0.301 e. The molecule has 0 bridgehead atoms. The van der Waals surface area contributed by atoms with E-state index in [2.05, 4.69) is 35.4 Å². The van der Waals surface area contributed by atoms with Crippen LogP contribution in [0.25, 0.3) is 32.6 Å². The number of nitrogens with zero attached hydrogens (tertiary/aromatic N) is 6. The molecule has 3 amide bonds. The van der Waals surface area contributed by atoms with Crippen LogP contribution in [0.2, 0.25) is 0 Å². The van der Waals surface area contributed by atoms with Crippen molar-refractivity contribution in [3.63, 3.8) is 0 Å². The SMILES string of the molecule is Cc1ncsc1-c1ccc([C@H](CO)NC(=O)[C@@H]2C[C@@H](O)CN2C(=O)[C@@H](NC(=O)COCCCN2CCN(c3ccc(-c4cnc5[nH]cc(C(=O)c6c(F)ccc(NS(=O)(=O)N7CC[C@@H](F)C7)c6F)c5c4)cc3)CC2)C(C)(C)C)cc1. The van der Waals surface area contributed by atoms with E-state index in [4.69, 9.17) is 4.74 Å². The molecule has 0 saturated carbocycles. The molecule has 3 aliphatic heterocycles. The van der Waals surface area contributed by atoms with Crippen LogP contribution >= 0.6 is 11.3 Å². The molecule has 6 heterocycles. The van der Waals surface area contributed by atoms with Gasteiger partial charge in [0.1, 0.15) is 36.3 Å². The number of ether oxygens (including phenoxy) is 1. The average molecular weight is 1140 g/mol. The molecular weight excluding hydrogens is 1080 g/mol. The summed E-state index contributed by atoms with van der Waals surface area (Å²) in [7, 11) is -4.38. The first kappa shape index (κ1) is 57.9. The number of nitrogens with one attached hydrogen (secondary N) is 4. The number of aromatic nitrogens is 3. The molecule has 6 N–H and O–H groups in total. The van der Waals surface area contributed by atoms with E-state index in [0.717, 1.165) is 76.5 Å². The number of H-pyrrole nitrogens is 1. The molecule has 3 aromatic heterocycles. The average Bonchev–Trinajstić information content (AvgIpc) is 4.30. The Morgan fingerprint density at radius 2 is 1.65 bits per heavy atom. The zero-order valence-electron chi connectivity index (χ0n) is 44.8. The van der Waals surface area contributed by atoms with E-state index in [9.17, 15) is 42.2 Å². The van der Waals surface area contributed by atoms with Gasteiger partial charge in [0.2, 0.25) is 23.5 Å². The molecule has 5 atom stereocenters. The number of piperazine rings is 1. The standard InChI is InChI=1S/C56H65F3N10O9S2/c1-33-51(79-32-62-33)36-8-6-35(7-9-36)45(30-70)63-54(74)46-25-40(71)29-69(46)55(75)52(56(2,3)4)64-47(72)31-78-23-5-17-66-19-21-67(22-20-66)39-12-10-34(11-13-39)37-24-41-42(27-61-53(41)60-26-37)50(73)48-43(58)14-15-44(49(48)59)65-80(76,77)68-18-16-38(57)28-68/h6-15,24,26-27,32,38,40,45-46,52,65,70-71H,5,16-23,25,28-31H2,1-4H3,(H,60,61)(H,63,74)(H,64,72)/t38-,40-,45+,46+,52-/m1/s1. The van der Waals surface area contributed by atoms with Gasteiger partial charge in [-0.1, -0.05) is 57.2 Å². The van der Waals surface area contributed by atoms with E-state index < -0.39 is 106 Å². The van der Waals surface area contributed by atoms with Crippen molar-refractivity contribution in [3.8, 4) is 21.6 Å². The summed E-state index contributed by atoms with van der Waals surface area (Å²) in [5.41, 5.74) is 4.55. The van der Waals surface area contributed by atoms with Crippen molar-refractivity contribution in [1.29, 1.82) is 0 Å². The van der Waals surface area contributed by atoms with Crippen LogP contribution < -0.4 is 20.3 Å². The summed E-state index contributed by atoms with van der Waals surface area (Å²) in [6.07, 6.45) is 1.22. The lowest BCUT2D eigenvalue weighted by Crippen LogP contribution is -2.58. The lowest BCUT2D eigenvalue weighted by molar-refractivity contribution is -0.144. The topological polar surface area (TPSA) is 243 Å². The number of aliphatic hydroxyl groups is 2. The van der Waals surface area contributed by atoms with Crippen LogP contribution in [0.5, 0.6) is 0 Å². The van der Waals surface area contributed by atoms with Crippen molar-refractivity contribution >= 4 is 67.5 Å². The highest BCUT2D eigenvalue weighted by atomic mass is 32.2. The van der Waals surface area contributed by atoms with Crippen molar-refractivity contribution < 1.29 is 55.7 Å². The van der Waals surface area contributed by atoms with Gasteiger partial charge in [0.05, 0.1) is 46.1 Å². The number of likely N-dealkylation sites (tertiary alicyclic amines) is 1. The number of anilines is 2. The van der Waals surface area contributed by atoms with E-state index >= 15 is 8.78 Å². The summed E-state index contributed by atoms with van der Waals surface area (Å²) in [5.74, 6) is -5.16. The molecule has 0 spiro atoms. The first-order chi connectivity index (χ1) is 38.2. The third-order valence-electron chi connectivity index (χ3n) is 14.8. The smallest absolute Gasteiger partial charge is 0.301 e. The maximum atomic E-state index is 15.8. The molecule has 0 radical (unpaired) electrons. The van der Waals surface area contributed by atoms with Gasteiger partial charge in [-0.05, 0) is 72.2 Å². The number of aliphatic hydroxyl groups excluding tert-OH is 2. The van der Waals surface area contributed by atoms with Gasteiger partial charge in [0, 0.05) is 100.0 Å². The van der Waals surface area contributed by atoms with Crippen LogP contribution in [0.15, 0.2) is 84.6 Å². The highest BCUT2D eigenvalue weighted by molar-refractivity contribution is 7.90. The first-order valence-corrected chi connectivity index (χ1v) is 28.8. The third-order valence-corrected chi connectivity index (χ3v) is 17.3. The predicted octanol–water partition coefficient (Wildman–Crippen LogP) is 5.74. The van der Waals surface area contributed by atoms with E-state index in [0.29, 0.717) is 35.2 Å². The molecule has 80 heavy (non-hydrogen) atoms. The maximum absolute atomic E-state index is 15.8. The minimum absolute atomic E-state index is 0.00271. The number of ketones is 1. The number of benzene rings is 3. The third kappa shape index (κ3) is 13.0. The predicted molar refractivity (Wildman–Crippen MR) is 297 cm³/mol. The second kappa shape index (κ2) is 24.5. The molecule has 0 unspecified atom stereocenters. The molecule has 426 valence electrons. The van der Waals surface area contributed by atoms with Crippen molar-refractivity contribution in [2.75, 3.05) is 81.8 Å². The zero-order valence-corrected chi connectivity index (χ0v) is 46.4. The minimum atomic E-state index is -4.38. The van der Waals surface area contributed by atoms with Gasteiger partial charge < -0.3 is 40.4 Å². The molecule has 24 heteroatoms. The highest BCUT2D eigenvalue weighted by Gasteiger charge is 2.45. The minimum Gasteiger partial charge on any atom is -0.394 e. The number of alkyl halides is 1. The molecule has 3 aromatic carbocycles. The summed E-state index contributed by atoms with van der Waals surface area (Å²) < 4.78 is 79.0. The molecule has 3 aliphatic rings. The molecule has 9 rings (SSSR count). The number of aryl methyl sites for hydroxylation is 1. The number of β-amino-alcohol motifs (C(OH)–C–C–N with tert-alkyl or cyclic N) is 1. The van der Waals surface area contributed by atoms with Crippen molar-refractivity contribution in [2.24, 2.45) is 5.41 Å². The lowest BCUT2D eigenvalue weighted by atomic mass is 9.85. The van der Waals surface area contributed by atoms with Gasteiger partial charge in [-0.2, -0.15) is 12.7 Å². The van der Waals surface area contributed by atoms with Gasteiger partial charge in [0.25, 0.3) is 0 Å².